The first-order chi connectivity index (χ1) is 12.1. The smallest absolute Gasteiger partial charge is 0.489 e. The Balaban J connectivity index is 1.73. The van der Waals surface area contributed by atoms with Crippen LogP contribution in [0.3, 0.4) is 0 Å². The fourth-order valence-corrected chi connectivity index (χ4v) is 3.09. The van der Waals surface area contributed by atoms with E-state index in [1.54, 1.807) is 0 Å². The van der Waals surface area contributed by atoms with Crippen molar-refractivity contribution < 1.29 is 14.0 Å². The van der Waals surface area contributed by atoms with Crippen LogP contribution in [-0.4, -0.2) is 18.3 Å². The molecule has 0 unspecified atom stereocenters. The molecular formula is C22H29BO3. The maximum Gasteiger partial charge on any atom is 0.495 e. The first-order valence-corrected chi connectivity index (χ1v) is 9.24. The summed E-state index contributed by atoms with van der Waals surface area (Å²) < 4.78 is 18.4. The second kappa shape index (κ2) is 6.75. The van der Waals surface area contributed by atoms with Crippen LogP contribution in [0.2, 0.25) is 0 Å². The largest absolute Gasteiger partial charge is 0.495 e. The fourth-order valence-electron chi connectivity index (χ4n) is 3.09. The highest BCUT2D eigenvalue weighted by molar-refractivity contribution is 6.62. The van der Waals surface area contributed by atoms with E-state index in [-0.39, 0.29) is 18.3 Å². The first-order valence-electron chi connectivity index (χ1n) is 9.24. The average Bonchev–Trinajstić information content (AvgIpc) is 2.76. The molecule has 26 heavy (non-hydrogen) atoms. The van der Waals surface area contributed by atoms with Gasteiger partial charge in [-0.2, -0.15) is 0 Å². The molecule has 0 saturated carbocycles. The second-order valence-corrected chi connectivity index (χ2v) is 8.33. The van der Waals surface area contributed by atoms with Gasteiger partial charge in [0.15, 0.2) is 0 Å². The molecule has 0 bridgehead atoms. The number of hydrogen-bond acceptors (Lipinski definition) is 3. The van der Waals surface area contributed by atoms with Gasteiger partial charge in [0.1, 0.15) is 12.4 Å². The lowest BCUT2D eigenvalue weighted by Gasteiger charge is -2.32. The molecule has 4 heteroatoms. The third-order valence-electron chi connectivity index (χ3n) is 5.65. The van der Waals surface area contributed by atoms with Crippen molar-refractivity contribution in [3.63, 3.8) is 0 Å². The maximum absolute atomic E-state index is 6.17. The van der Waals surface area contributed by atoms with Crippen LogP contribution < -0.4 is 10.2 Å². The van der Waals surface area contributed by atoms with Crippen molar-refractivity contribution >= 4 is 12.6 Å². The summed E-state index contributed by atoms with van der Waals surface area (Å²) in [6, 6.07) is 12.6. The van der Waals surface area contributed by atoms with Gasteiger partial charge < -0.3 is 14.0 Å². The molecule has 1 aliphatic heterocycles. The van der Waals surface area contributed by atoms with Gasteiger partial charge in [-0.3, -0.25) is 0 Å². The molecule has 0 aliphatic carbocycles. The van der Waals surface area contributed by atoms with E-state index in [2.05, 4.69) is 78.8 Å². The summed E-state index contributed by atoms with van der Waals surface area (Å²) in [6.45, 7) is 15.2. The molecule has 0 atom stereocenters. The summed E-state index contributed by atoms with van der Waals surface area (Å²) >= 11 is 0. The number of aryl methyl sites for hydroxylation is 3. The Morgan fingerprint density at radius 1 is 0.846 bits per heavy atom. The van der Waals surface area contributed by atoms with Crippen molar-refractivity contribution in [3.8, 4) is 5.75 Å². The Morgan fingerprint density at radius 3 is 2.12 bits per heavy atom. The van der Waals surface area contributed by atoms with E-state index in [0.717, 1.165) is 16.8 Å². The molecule has 0 N–H and O–H groups in total. The second-order valence-electron chi connectivity index (χ2n) is 8.33. The van der Waals surface area contributed by atoms with Gasteiger partial charge in [-0.25, -0.2) is 0 Å². The number of ether oxygens (including phenoxy) is 1. The van der Waals surface area contributed by atoms with Gasteiger partial charge in [-0.05, 0) is 82.8 Å². The molecule has 1 fully saturated rings. The highest BCUT2D eigenvalue weighted by Crippen LogP contribution is 2.36. The van der Waals surface area contributed by atoms with Gasteiger partial charge in [0.25, 0.3) is 0 Å². The number of benzene rings is 2. The van der Waals surface area contributed by atoms with E-state index in [0.29, 0.717) is 6.61 Å². The van der Waals surface area contributed by atoms with Gasteiger partial charge in [0.2, 0.25) is 0 Å². The Morgan fingerprint density at radius 2 is 1.50 bits per heavy atom. The summed E-state index contributed by atoms with van der Waals surface area (Å²) in [7, 11) is -0.340. The Hall–Kier alpha value is -1.78. The van der Waals surface area contributed by atoms with E-state index in [1.165, 1.54) is 16.7 Å². The van der Waals surface area contributed by atoms with Gasteiger partial charge in [-0.15, -0.1) is 0 Å². The van der Waals surface area contributed by atoms with E-state index in [4.69, 9.17) is 14.0 Å². The summed E-state index contributed by atoms with van der Waals surface area (Å²) in [5, 5.41) is 0. The molecule has 1 aliphatic rings. The monoisotopic (exact) mass is 352 g/mol. The SMILES string of the molecule is Cc1ccc(C)c(COc2ccc(B3OC(C)(C)C(C)(C)O3)c(C)c2)c1. The number of rotatable bonds is 4. The highest BCUT2D eigenvalue weighted by atomic mass is 16.7. The zero-order chi connectivity index (χ0) is 19.1. The standard InChI is InChI=1S/C22H29BO3/c1-15-8-9-16(2)18(12-15)14-24-19-10-11-20(17(3)13-19)23-25-21(4,5)22(6,7)26-23/h8-13H,14H2,1-7H3. The summed E-state index contributed by atoms with van der Waals surface area (Å²) in [6.07, 6.45) is 0. The normalized spacial score (nSPS) is 18.2. The van der Waals surface area contributed by atoms with Crippen LogP contribution in [0.5, 0.6) is 5.75 Å². The molecule has 0 spiro atoms. The highest BCUT2D eigenvalue weighted by Gasteiger charge is 2.52. The molecule has 3 rings (SSSR count). The van der Waals surface area contributed by atoms with Crippen molar-refractivity contribution in [1.29, 1.82) is 0 Å². The van der Waals surface area contributed by atoms with Gasteiger partial charge in [-0.1, -0.05) is 29.8 Å². The molecule has 1 heterocycles. The molecule has 0 radical (unpaired) electrons. The molecule has 138 valence electrons. The van der Waals surface area contributed by atoms with Crippen LogP contribution in [0.4, 0.5) is 0 Å². The van der Waals surface area contributed by atoms with Crippen molar-refractivity contribution in [2.75, 3.05) is 0 Å². The molecule has 0 aromatic heterocycles. The minimum atomic E-state index is -0.340. The van der Waals surface area contributed by atoms with Crippen molar-refractivity contribution in [3.05, 3.63) is 58.7 Å². The van der Waals surface area contributed by atoms with Crippen LogP contribution in [-0.2, 0) is 15.9 Å². The van der Waals surface area contributed by atoms with Crippen molar-refractivity contribution in [2.45, 2.75) is 66.3 Å². The minimum Gasteiger partial charge on any atom is -0.489 e. The van der Waals surface area contributed by atoms with Crippen LogP contribution in [0.1, 0.15) is 49.9 Å². The lowest BCUT2D eigenvalue weighted by molar-refractivity contribution is 0.00578. The third-order valence-corrected chi connectivity index (χ3v) is 5.65. The predicted octanol–water partition coefficient (Wildman–Crippen LogP) is 4.49. The van der Waals surface area contributed by atoms with Crippen molar-refractivity contribution in [2.24, 2.45) is 0 Å². The summed E-state index contributed by atoms with van der Waals surface area (Å²) in [5.41, 5.74) is 5.23. The van der Waals surface area contributed by atoms with Gasteiger partial charge in [0, 0.05) is 0 Å². The Labute approximate surface area is 157 Å². The van der Waals surface area contributed by atoms with Crippen molar-refractivity contribution in [1.82, 2.24) is 0 Å². The van der Waals surface area contributed by atoms with Crippen LogP contribution in [0.15, 0.2) is 36.4 Å². The van der Waals surface area contributed by atoms with Crippen LogP contribution in [0, 0.1) is 20.8 Å². The molecule has 2 aromatic rings. The quantitative estimate of drug-likeness (QED) is 0.759. The zero-order valence-electron chi connectivity index (χ0n) is 17.0. The topological polar surface area (TPSA) is 27.7 Å². The molecule has 1 saturated heterocycles. The third kappa shape index (κ3) is 3.67. The zero-order valence-corrected chi connectivity index (χ0v) is 17.0. The van der Waals surface area contributed by atoms with Gasteiger partial charge >= 0.3 is 7.12 Å². The first kappa shape index (κ1) is 19.0. The number of hydrogen-bond donors (Lipinski definition) is 0. The lowest BCUT2D eigenvalue weighted by Crippen LogP contribution is -2.41. The average molecular weight is 352 g/mol. The lowest BCUT2D eigenvalue weighted by atomic mass is 9.76. The Kier molecular flexibility index (Phi) is 4.93. The summed E-state index contributed by atoms with van der Waals surface area (Å²) in [5.74, 6) is 0.865. The fraction of sp³-hybridized carbons (Fsp3) is 0.455. The minimum absolute atomic E-state index is 0.331. The van der Waals surface area contributed by atoms with E-state index < -0.39 is 0 Å². The molecule has 0 amide bonds. The van der Waals surface area contributed by atoms with Crippen LogP contribution in [0.25, 0.3) is 0 Å². The predicted molar refractivity (Wildman–Crippen MR) is 107 cm³/mol. The van der Waals surface area contributed by atoms with E-state index >= 15 is 0 Å². The summed E-state index contributed by atoms with van der Waals surface area (Å²) in [4.78, 5) is 0. The van der Waals surface area contributed by atoms with Crippen LogP contribution >= 0.6 is 0 Å². The molecule has 3 nitrogen and oxygen atoms in total. The Bertz CT molecular complexity index is 795. The van der Waals surface area contributed by atoms with Gasteiger partial charge in [0.05, 0.1) is 11.2 Å². The molecule has 2 aromatic carbocycles. The molecular weight excluding hydrogens is 323 g/mol. The van der Waals surface area contributed by atoms with E-state index in [9.17, 15) is 0 Å². The maximum atomic E-state index is 6.17. The van der Waals surface area contributed by atoms with E-state index in [1.807, 2.05) is 6.07 Å².